The molecule has 1 aromatic rings. The number of hydrogen-bond acceptors (Lipinski definition) is 4. The second kappa shape index (κ2) is 6.04. The van der Waals surface area contributed by atoms with Crippen LogP contribution in [0.5, 0.6) is 0 Å². The summed E-state index contributed by atoms with van der Waals surface area (Å²) in [5.41, 5.74) is 2.30. The lowest BCUT2D eigenvalue weighted by Gasteiger charge is -2.21. The number of nitrogens with one attached hydrogen (secondary N) is 1. The Bertz CT molecular complexity index is 609. The van der Waals surface area contributed by atoms with Crippen molar-refractivity contribution in [3.63, 3.8) is 0 Å². The summed E-state index contributed by atoms with van der Waals surface area (Å²) in [4.78, 5) is 2.74. The van der Waals surface area contributed by atoms with E-state index in [-0.39, 0.29) is 0 Å². The molecule has 1 saturated heterocycles. The van der Waals surface area contributed by atoms with Crippen LogP contribution in [0.15, 0.2) is 23.1 Å². The van der Waals surface area contributed by atoms with E-state index in [1.54, 1.807) is 13.1 Å². The largest absolute Gasteiger partial charge is 0.309 e. The highest BCUT2D eigenvalue weighted by Crippen LogP contribution is 2.22. The lowest BCUT2D eigenvalue weighted by Crippen LogP contribution is -2.35. The molecule has 1 aromatic carbocycles. The third-order valence-electron chi connectivity index (χ3n) is 4.45. The first-order chi connectivity index (χ1) is 10.1. The van der Waals surface area contributed by atoms with Gasteiger partial charge >= 0.3 is 0 Å². The Kier molecular flexibility index (Phi) is 4.31. The molecule has 0 saturated carbocycles. The fourth-order valence-electron chi connectivity index (χ4n) is 3.02. The van der Waals surface area contributed by atoms with Gasteiger partial charge in [-0.05, 0) is 49.2 Å². The molecule has 0 unspecified atom stereocenters. The highest BCUT2D eigenvalue weighted by molar-refractivity contribution is 7.89. The molecule has 1 N–H and O–H groups in total. The molecule has 1 fully saturated rings. The number of benzene rings is 1. The normalized spacial score (nSPS) is 19.3. The number of rotatable bonds is 5. The van der Waals surface area contributed by atoms with Crippen LogP contribution in [0.2, 0.25) is 0 Å². The monoisotopic (exact) mass is 309 g/mol. The van der Waals surface area contributed by atoms with E-state index in [1.165, 1.54) is 22.7 Å². The van der Waals surface area contributed by atoms with Crippen molar-refractivity contribution >= 4 is 10.0 Å². The number of hydrogen-bond donors (Lipinski definition) is 1. The van der Waals surface area contributed by atoms with Crippen molar-refractivity contribution < 1.29 is 8.42 Å². The van der Waals surface area contributed by atoms with Gasteiger partial charge in [0, 0.05) is 33.2 Å². The topological polar surface area (TPSA) is 52.7 Å². The molecule has 21 heavy (non-hydrogen) atoms. The maximum absolute atomic E-state index is 12.6. The zero-order valence-corrected chi connectivity index (χ0v) is 13.3. The first-order valence-corrected chi connectivity index (χ1v) is 9.02. The molecule has 0 amide bonds. The molecule has 2 aliphatic rings. The minimum atomic E-state index is -3.37. The van der Waals surface area contributed by atoms with Crippen molar-refractivity contribution in [2.45, 2.75) is 30.8 Å². The van der Waals surface area contributed by atoms with E-state index in [0.29, 0.717) is 11.4 Å². The highest BCUT2D eigenvalue weighted by Gasteiger charge is 2.23. The minimum absolute atomic E-state index is 0.411. The zero-order chi connectivity index (χ0) is 14.9. The Morgan fingerprint density at radius 1 is 1.19 bits per heavy atom. The number of nitrogens with zero attached hydrogens (tertiary/aromatic N) is 2. The molecule has 0 bridgehead atoms. The molecule has 0 atom stereocenters. The van der Waals surface area contributed by atoms with Crippen molar-refractivity contribution in [2.24, 2.45) is 0 Å². The van der Waals surface area contributed by atoms with Gasteiger partial charge in [0.15, 0.2) is 0 Å². The van der Waals surface area contributed by atoms with Gasteiger partial charge in [0.2, 0.25) is 10.0 Å². The fraction of sp³-hybridized carbons (Fsp3) is 0.600. The van der Waals surface area contributed by atoms with Crippen LogP contribution >= 0.6 is 0 Å². The summed E-state index contributed by atoms with van der Waals surface area (Å²) in [6, 6.07) is 5.47. The summed E-state index contributed by atoms with van der Waals surface area (Å²) < 4.78 is 26.7. The summed E-state index contributed by atoms with van der Waals surface area (Å²) in [5, 5.41) is 3.24. The molecule has 0 radical (unpaired) electrons. The number of likely N-dealkylation sites (tertiary alicyclic amines) is 1. The third-order valence-corrected chi connectivity index (χ3v) is 6.30. The Labute approximate surface area is 127 Å². The van der Waals surface area contributed by atoms with Gasteiger partial charge in [-0.1, -0.05) is 6.07 Å². The van der Waals surface area contributed by atoms with E-state index >= 15 is 0 Å². The van der Waals surface area contributed by atoms with Crippen LogP contribution in [0.25, 0.3) is 0 Å². The number of sulfonamides is 1. The van der Waals surface area contributed by atoms with Gasteiger partial charge in [0.25, 0.3) is 0 Å². The summed E-state index contributed by atoms with van der Waals surface area (Å²) >= 11 is 0. The molecule has 2 aliphatic heterocycles. The number of fused-ring (bicyclic) bond motifs is 1. The third kappa shape index (κ3) is 3.13. The second-order valence-electron chi connectivity index (χ2n) is 5.91. The summed E-state index contributed by atoms with van der Waals surface area (Å²) in [6.45, 7) is 5.16. The molecule has 0 spiro atoms. The standard InChI is InChI=1S/C15H23N3O2S/c1-17(8-9-18-6-2-3-7-18)21(19,20)15-5-4-13-11-16-12-14(13)10-15/h4-5,10,16H,2-3,6-9,11-12H2,1H3. The highest BCUT2D eigenvalue weighted by atomic mass is 32.2. The Balaban J connectivity index is 1.70. The van der Waals surface area contributed by atoms with Crippen LogP contribution in [0, 0.1) is 0 Å². The van der Waals surface area contributed by atoms with Crippen molar-refractivity contribution in [3.05, 3.63) is 29.3 Å². The van der Waals surface area contributed by atoms with Gasteiger partial charge in [-0.15, -0.1) is 0 Å². The SMILES string of the molecule is CN(CCN1CCCC1)S(=O)(=O)c1ccc2c(c1)CNC2. The van der Waals surface area contributed by atoms with Gasteiger partial charge < -0.3 is 10.2 Å². The second-order valence-corrected chi connectivity index (χ2v) is 7.95. The fourth-order valence-corrected chi connectivity index (χ4v) is 4.23. The van der Waals surface area contributed by atoms with Crippen molar-refractivity contribution in [1.82, 2.24) is 14.5 Å². The van der Waals surface area contributed by atoms with Crippen molar-refractivity contribution in [2.75, 3.05) is 33.2 Å². The maximum atomic E-state index is 12.6. The van der Waals surface area contributed by atoms with Gasteiger partial charge in [-0.25, -0.2) is 8.42 Å². The molecule has 0 aromatic heterocycles. The van der Waals surface area contributed by atoms with E-state index in [4.69, 9.17) is 0 Å². The average Bonchev–Trinajstić information content (AvgIpc) is 3.14. The summed E-state index contributed by atoms with van der Waals surface area (Å²) in [6.07, 6.45) is 2.46. The Morgan fingerprint density at radius 2 is 1.90 bits per heavy atom. The average molecular weight is 309 g/mol. The van der Waals surface area contributed by atoms with Crippen LogP contribution in [0.4, 0.5) is 0 Å². The van der Waals surface area contributed by atoms with E-state index in [1.807, 2.05) is 12.1 Å². The summed E-state index contributed by atoms with van der Waals surface area (Å²) in [7, 11) is -1.70. The molecular weight excluding hydrogens is 286 g/mol. The smallest absolute Gasteiger partial charge is 0.242 e. The lowest BCUT2D eigenvalue weighted by atomic mass is 10.1. The molecular formula is C15H23N3O2S. The van der Waals surface area contributed by atoms with E-state index in [2.05, 4.69) is 10.2 Å². The first-order valence-electron chi connectivity index (χ1n) is 7.58. The molecule has 0 aliphatic carbocycles. The molecule has 3 rings (SSSR count). The van der Waals surface area contributed by atoms with Gasteiger partial charge in [-0.3, -0.25) is 0 Å². The van der Waals surface area contributed by atoms with Crippen molar-refractivity contribution in [3.8, 4) is 0 Å². The number of likely N-dealkylation sites (N-methyl/N-ethyl adjacent to an activating group) is 1. The quantitative estimate of drug-likeness (QED) is 0.882. The minimum Gasteiger partial charge on any atom is -0.309 e. The predicted molar refractivity (Wildman–Crippen MR) is 82.5 cm³/mol. The van der Waals surface area contributed by atoms with E-state index in [0.717, 1.165) is 38.3 Å². The Hall–Kier alpha value is -0.950. The van der Waals surface area contributed by atoms with E-state index in [9.17, 15) is 8.42 Å². The van der Waals surface area contributed by atoms with Gasteiger partial charge in [0.05, 0.1) is 4.90 Å². The Morgan fingerprint density at radius 3 is 2.67 bits per heavy atom. The predicted octanol–water partition coefficient (Wildman–Crippen LogP) is 1.01. The van der Waals surface area contributed by atoms with E-state index < -0.39 is 10.0 Å². The zero-order valence-electron chi connectivity index (χ0n) is 12.5. The van der Waals surface area contributed by atoms with Crippen LogP contribution in [0.3, 0.4) is 0 Å². The molecule has 5 nitrogen and oxygen atoms in total. The first kappa shape index (κ1) is 15.0. The summed E-state index contributed by atoms with van der Waals surface area (Å²) in [5.74, 6) is 0. The van der Waals surface area contributed by atoms with Crippen LogP contribution in [-0.4, -0.2) is 50.8 Å². The van der Waals surface area contributed by atoms with Crippen LogP contribution in [0.1, 0.15) is 24.0 Å². The van der Waals surface area contributed by atoms with Crippen LogP contribution in [-0.2, 0) is 23.1 Å². The van der Waals surface area contributed by atoms with Crippen molar-refractivity contribution in [1.29, 1.82) is 0 Å². The lowest BCUT2D eigenvalue weighted by molar-refractivity contribution is 0.310. The van der Waals surface area contributed by atoms with Gasteiger partial charge in [0.1, 0.15) is 0 Å². The molecule has 2 heterocycles. The van der Waals surface area contributed by atoms with Crippen LogP contribution < -0.4 is 5.32 Å². The maximum Gasteiger partial charge on any atom is 0.242 e. The molecule has 116 valence electrons. The molecule has 6 heteroatoms. The van der Waals surface area contributed by atoms with Gasteiger partial charge in [-0.2, -0.15) is 4.31 Å².